The van der Waals surface area contributed by atoms with Crippen LogP contribution in [0.3, 0.4) is 0 Å². The lowest BCUT2D eigenvalue weighted by Gasteiger charge is -2.40. The molecule has 10 nitrogen and oxygen atoms in total. The van der Waals surface area contributed by atoms with E-state index in [0.717, 1.165) is 7.05 Å². The van der Waals surface area contributed by atoms with Crippen LogP contribution in [0.15, 0.2) is 0 Å². The van der Waals surface area contributed by atoms with Crippen LogP contribution in [0.2, 0.25) is 0 Å². The number of aliphatic hydroxyl groups is 4. The minimum absolute atomic E-state index is 0.532. The van der Waals surface area contributed by atoms with Gasteiger partial charge in [-0.2, -0.15) is 0 Å². The Morgan fingerprint density at radius 3 is 2.50 bits per heavy atom. The highest BCUT2D eigenvalue weighted by molar-refractivity contribution is 5.73. The van der Waals surface area contributed by atoms with Gasteiger partial charge in [0.25, 0.3) is 0 Å². The number of hydrogen-bond donors (Lipinski definition) is 6. The van der Waals surface area contributed by atoms with E-state index in [4.69, 9.17) is 9.84 Å². The van der Waals surface area contributed by atoms with Gasteiger partial charge in [0.05, 0.1) is 6.61 Å². The summed E-state index contributed by atoms with van der Waals surface area (Å²) < 4.78 is 4.81. The Balaban J connectivity index is 2.68. The van der Waals surface area contributed by atoms with E-state index in [0.29, 0.717) is 5.01 Å². The largest absolute Gasteiger partial charge is 0.770 e. The molecular weight excluding hydrogens is 250 g/mol. The van der Waals surface area contributed by atoms with Gasteiger partial charge in [0.1, 0.15) is 24.4 Å². The number of carbonyl (C=O) groups is 1. The van der Waals surface area contributed by atoms with Crippen LogP contribution < -0.4 is 10.9 Å². The Hall–Kier alpha value is -1.01. The average molecular weight is 266 g/mol. The van der Waals surface area contributed by atoms with Crippen molar-refractivity contribution in [3.05, 3.63) is 5.21 Å². The quantitative estimate of drug-likeness (QED) is 0.286. The van der Waals surface area contributed by atoms with Crippen LogP contribution in [0.25, 0.3) is 0 Å². The van der Waals surface area contributed by atoms with Crippen molar-refractivity contribution >= 4 is 6.03 Å². The summed E-state index contributed by atoms with van der Waals surface area (Å²) in [5.74, 6) is 0. The molecule has 106 valence electrons. The summed E-state index contributed by atoms with van der Waals surface area (Å²) in [6.07, 6.45) is -5.80. The molecule has 0 aromatic rings. The number of aliphatic hydroxyl groups excluding tert-OH is 4. The fourth-order valence-corrected chi connectivity index (χ4v) is 1.53. The van der Waals surface area contributed by atoms with Crippen LogP contribution >= 0.6 is 0 Å². The van der Waals surface area contributed by atoms with Crippen molar-refractivity contribution in [3.63, 3.8) is 0 Å². The monoisotopic (exact) mass is 266 g/mol. The van der Waals surface area contributed by atoms with Gasteiger partial charge in [-0.25, -0.2) is 4.79 Å². The predicted octanol–water partition coefficient (Wildman–Crippen LogP) is -3.57. The third-order valence-electron chi connectivity index (χ3n) is 2.63. The lowest BCUT2D eigenvalue weighted by Crippen LogP contribution is -2.65. The molecule has 0 aliphatic carbocycles. The molecule has 1 fully saturated rings. The molecule has 1 rings (SSSR count). The molecule has 6 N–H and O–H groups in total. The molecule has 1 heterocycles. The molecular formula is C8H16N3O7-. The minimum atomic E-state index is -1.62. The van der Waals surface area contributed by atoms with Gasteiger partial charge >= 0.3 is 6.03 Å². The summed E-state index contributed by atoms with van der Waals surface area (Å²) in [6.45, 7) is -0.599. The van der Waals surface area contributed by atoms with Crippen molar-refractivity contribution < 1.29 is 30.0 Å². The molecule has 0 aromatic heterocycles. The highest BCUT2D eigenvalue weighted by Crippen LogP contribution is 2.19. The smallest absolute Gasteiger partial charge is 0.331 e. The molecule has 0 aromatic carbocycles. The van der Waals surface area contributed by atoms with Crippen molar-refractivity contribution in [2.45, 2.75) is 30.6 Å². The molecule has 0 saturated carbocycles. The summed E-state index contributed by atoms with van der Waals surface area (Å²) >= 11 is 0. The SMILES string of the molecule is CN(N[O-])C(=O)N[C@@H]1[C@@H](O)[C@H](O)[C@@H](CO)O[C@@H]1O. The van der Waals surface area contributed by atoms with Crippen LogP contribution in [0.4, 0.5) is 4.79 Å². The molecule has 18 heavy (non-hydrogen) atoms. The standard InChI is InChI=1S/C8H16N3O7/c1-11(10-17)8(16)9-4-6(14)5(13)3(2-12)18-7(4)15/h3-7,10,12-15H,2H2,1H3,(H,9,16)/q-1/t3-,4-,5-,6-,7+/m1/s1. The van der Waals surface area contributed by atoms with E-state index in [9.17, 15) is 25.3 Å². The lowest BCUT2D eigenvalue weighted by molar-refractivity contribution is -0.252. The third-order valence-corrected chi connectivity index (χ3v) is 2.63. The van der Waals surface area contributed by atoms with E-state index in [1.165, 1.54) is 5.59 Å². The first kappa shape index (κ1) is 15.0. The summed E-state index contributed by atoms with van der Waals surface area (Å²) in [6, 6.07) is -2.25. The molecule has 10 heteroatoms. The summed E-state index contributed by atoms with van der Waals surface area (Å²) in [4.78, 5) is 11.3. The predicted molar refractivity (Wildman–Crippen MR) is 56.6 cm³/mol. The van der Waals surface area contributed by atoms with Crippen LogP contribution in [-0.2, 0) is 4.74 Å². The van der Waals surface area contributed by atoms with Crippen molar-refractivity contribution in [3.8, 4) is 0 Å². The Kier molecular flexibility index (Phi) is 5.22. The lowest BCUT2D eigenvalue weighted by atomic mass is 9.97. The maximum atomic E-state index is 11.3. The summed E-state index contributed by atoms with van der Waals surface area (Å²) in [7, 11) is 1.12. The number of amides is 2. The number of ether oxygens (including phenoxy) is 1. The number of hydrogen-bond acceptors (Lipinski definition) is 8. The number of rotatable bonds is 3. The van der Waals surface area contributed by atoms with E-state index in [1.807, 2.05) is 0 Å². The molecule has 0 spiro atoms. The van der Waals surface area contributed by atoms with Gasteiger partial charge in [0.2, 0.25) is 0 Å². The topological polar surface area (TPSA) is 158 Å². The number of nitrogens with zero attached hydrogens (tertiary/aromatic N) is 1. The molecule has 2 amide bonds. The van der Waals surface area contributed by atoms with Crippen molar-refractivity contribution in [1.29, 1.82) is 0 Å². The molecule has 0 radical (unpaired) electrons. The zero-order chi connectivity index (χ0) is 13.9. The van der Waals surface area contributed by atoms with E-state index in [2.05, 4.69) is 5.32 Å². The van der Waals surface area contributed by atoms with E-state index >= 15 is 0 Å². The van der Waals surface area contributed by atoms with Crippen molar-refractivity contribution in [2.75, 3.05) is 13.7 Å². The third kappa shape index (κ3) is 3.05. The summed E-state index contributed by atoms with van der Waals surface area (Å²) in [5.41, 5.74) is 1.28. The Morgan fingerprint density at radius 2 is 2.00 bits per heavy atom. The summed E-state index contributed by atoms with van der Waals surface area (Å²) in [5, 5.41) is 50.4. The second kappa shape index (κ2) is 6.24. The molecule has 1 saturated heterocycles. The Labute approximate surface area is 102 Å². The second-order valence-corrected chi connectivity index (χ2v) is 3.85. The molecule has 0 bridgehead atoms. The maximum absolute atomic E-state index is 11.3. The molecule has 0 unspecified atom stereocenters. The Morgan fingerprint density at radius 1 is 1.39 bits per heavy atom. The molecule has 1 aliphatic rings. The van der Waals surface area contributed by atoms with Gasteiger partial charge < -0.3 is 41.3 Å². The van der Waals surface area contributed by atoms with Gasteiger partial charge in [0.15, 0.2) is 6.29 Å². The highest BCUT2D eigenvalue weighted by atomic mass is 16.6. The van der Waals surface area contributed by atoms with E-state index in [1.54, 1.807) is 0 Å². The number of carbonyl (C=O) groups excluding carboxylic acids is 1. The van der Waals surface area contributed by atoms with Crippen LogP contribution in [0, 0.1) is 5.21 Å². The first-order chi connectivity index (χ1) is 8.42. The van der Waals surface area contributed by atoms with Crippen LogP contribution in [0.1, 0.15) is 0 Å². The molecule has 1 aliphatic heterocycles. The van der Waals surface area contributed by atoms with Gasteiger partial charge in [0, 0.05) is 7.05 Å². The number of urea groups is 1. The average Bonchev–Trinajstić information content (AvgIpc) is 2.37. The fourth-order valence-electron chi connectivity index (χ4n) is 1.53. The molecule has 5 atom stereocenters. The van der Waals surface area contributed by atoms with Gasteiger partial charge in [-0.15, -0.1) is 0 Å². The number of nitrogens with one attached hydrogen (secondary N) is 2. The minimum Gasteiger partial charge on any atom is -0.770 e. The normalized spacial score (nSPS) is 36.2. The highest BCUT2D eigenvalue weighted by Gasteiger charge is 2.44. The van der Waals surface area contributed by atoms with Crippen LogP contribution in [0.5, 0.6) is 0 Å². The zero-order valence-electron chi connectivity index (χ0n) is 9.55. The first-order valence-electron chi connectivity index (χ1n) is 5.15. The zero-order valence-corrected chi connectivity index (χ0v) is 9.55. The van der Waals surface area contributed by atoms with Crippen molar-refractivity contribution in [1.82, 2.24) is 15.9 Å². The van der Waals surface area contributed by atoms with Crippen molar-refractivity contribution in [2.24, 2.45) is 0 Å². The van der Waals surface area contributed by atoms with E-state index in [-0.39, 0.29) is 0 Å². The fraction of sp³-hybridized carbons (Fsp3) is 0.875. The van der Waals surface area contributed by atoms with Gasteiger partial charge in [-0.05, 0) is 0 Å². The van der Waals surface area contributed by atoms with E-state index < -0.39 is 43.3 Å². The second-order valence-electron chi connectivity index (χ2n) is 3.85. The maximum Gasteiger partial charge on any atom is 0.331 e. The van der Waals surface area contributed by atoms with Gasteiger partial charge in [-0.3, -0.25) is 5.01 Å². The van der Waals surface area contributed by atoms with Crippen LogP contribution in [-0.4, -0.2) is 75.8 Å². The first-order valence-corrected chi connectivity index (χ1v) is 5.15. The van der Waals surface area contributed by atoms with Gasteiger partial charge in [-0.1, -0.05) is 0 Å². The number of hydrazine groups is 1. The Bertz CT molecular complexity index is 292.